The van der Waals surface area contributed by atoms with Crippen LogP contribution < -0.4 is 4.74 Å². The zero-order valence-electron chi connectivity index (χ0n) is 9.78. The van der Waals surface area contributed by atoms with Gasteiger partial charge in [0.05, 0.1) is 23.9 Å². The Morgan fingerprint density at radius 3 is 1.90 bits per heavy atom. The molecule has 0 saturated heterocycles. The molecule has 0 unspecified atom stereocenters. The summed E-state index contributed by atoms with van der Waals surface area (Å²) in [5.41, 5.74) is -2.08. The van der Waals surface area contributed by atoms with Crippen LogP contribution in [0.25, 0.3) is 11.1 Å². The largest absolute Gasteiger partial charge is 0.491 e. The summed E-state index contributed by atoms with van der Waals surface area (Å²) >= 11 is 5.57. The molecule has 1 heterocycles. The number of benzene rings is 1. The summed E-state index contributed by atoms with van der Waals surface area (Å²) in [6.07, 6.45) is 1.50. The number of hydrogen-bond donors (Lipinski definition) is 0. The lowest BCUT2D eigenvalue weighted by molar-refractivity contribution is 0.333. The monoisotopic (exact) mass is 309 g/mol. The lowest BCUT2D eigenvalue weighted by atomic mass is 10.0. The second-order valence-corrected chi connectivity index (χ2v) is 4.05. The van der Waals surface area contributed by atoms with Crippen molar-refractivity contribution in [1.82, 2.24) is 4.98 Å². The van der Waals surface area contributed by atoms with Crippen LogP contribution in [0.1, 0.15) is 0 Å². The normalized spacial score (nSPS) is 10.8. The molecule has 2 aromatic rings. The third kappa shape index (κ3) is 2.07. The van der Waals surface area contributed by atoms with Crippen molar-refractivity contribution in [3.8, 4) is 16.9 Å². The lowest BCUT2D eigenvalue weighted by Crippen LogP contribution is -2.05. The van der Waals surface area contributed by atoms with E-state index >= 15 is 0 Å². The first-order valence-corrected chi connectivity index (χ1v) is 5.47. The summed E-state index contributed by atoms with van der Waals surface area (Å²) in [4.78, 5) is 3.34. The standard InChI is InChI=1S/C12H5ClF5NO/c1-20-12-10(17)8(15)7(9(16)11(12)18)6-4(13)2-19-3-5(6)14/h2-3H,1H3. The molecule has 0 bridgehead atoms. The van der Waals surface area contributed by atoms with Gasteiger partial charge in [-0.3, -0.25) is 4.98 Å². The van der Waals surface area contributed by atoms with Gasteiger partial charge in [-0.05, 0) is 0 Å². The van der Waals surface area contributed by atoms with Crippen LogP contribution in [0.2, 0.25) is 5.02 Å². The van der Waals surface area contributed by atoms with E-state index < -0.39 is 51.0 Å². The molecule has 0 radical (unpaired) electrons. The van der Waals surface area contributed by atoms with Gasteiger partial charge >= 0.3 is 0 Å². The maximum Gasteiger partial charge on any atom is 0.204 e. The van der Waals surface area contributed by atoms with Crippen molar-refractivity contribution in [2.24, 2.45) is 0 Å². The fourth-order valence-corrected chi connectivity index (χ4v) is 1.90. The Labute approximate surface area is 114 Å². The zero-order valence-corrected chi connectivity index (χ0v) is 10.5. The minimum atomic E-state index is -1.81. The SMILES string of the molecule is COc1c(F)c(F)c(-c2c(F)cncc2Cl)c(F)c1F. The van der Waals surface area contributed by atoms with Crippen molar-refractivity contribution in [3.63, 3.8) is 0 Å². The number of methoxy groups -OCH3 is 1. The second kappa shape index (κ2) is 5.24. The number of pyridine rings is 1. The molecule has 20 heavy (non-hydrogen) atoms. The van der Waals surface area contributed by atoms with E-state index in [4.69, 9.17) is 11.6 Å². The molecule has 0 aliphatic carbocycles. The van der Waals surface area contributed by atoms with Crippen molar-refractivity contribution >= 4 is 11.6 Å². The predicted octanol–water partition coefficient (Wildman–Crippen LogP) is 4.11. The number of hydrogen-bond acceptors (Lipinski definition) is 2. The van der Waals surface area contributed by atoms with Gasteiger partial charge in [-0.2, -0.15) is 8.78 Å². The number of nitrogens with zero attached hydrogens (tertiary/aromatic N) is 1. The zero-order chi connectivity index (χ0) is 15.0. The number of rotatable bonds is 2. The molecule has 1 aromatic heterocycles. The van der Waals surface area contributed by atoms with Crippen LogP contribution in [0.3, 0.4) is 0 Å². The van der Waals surface area contributed by atoms with Crippen molar-refractivity contribution in [3.05, 3.63) is 46.5 Å². The van der Waals surface area contributed by atoms with Crippen LogP contribution in [0.4, 0.5) is 22.0 Å². The predicted molar refractivity (Wildman–Crippen MR) is 61.0 cm³/mol. The van der Waals surface area contributed by atoms with Gasteiger partial charge in [0.2, 0.25) is 11.6 Å². The molecule has 0 atom stereocenters. The average molecular weight is 310 g/mol. The molecular weight excluding hydrogens is 305 g/mol. The molecule has 1 aromatic carbocycles. The fraction of sp³-hybridized carbons (Fsp3) is 0.0833. The highest BCUT2D eigenvalue weighted by Crippen LogP contribution is 2.39. The van der Waals surface area contributed by atoms with Crippen LogP contribution in [-0.4, -0.2) is 12.1 Å². The van der Waals surface area contributed by atoms with E-state index in [1.807, 2.05) is 0 Å². The molecule has 0 aliphatic rings. The smallest absolute Gasteiger partial charge is 0.204 e. The van der Waals surface area contributed by atoms with Crippen molar-refractivity contribution in [1.29, 1.82) is 0 Å². The van der Waals surface area contributed by atoms with Crippen molar-refractivity contribution in [2.75, 3.05) is 7.11 Å². The van der Waals surface area contributed by atoms with E-state index in [2.05, 4.69) is 9.72 Å². The minimum Gasteiger partial charge on any atom is -0.491 e. The van der Waals surface area contributed by atoms with Gasteiger partial charge in [-0.25, -0.2) is 13.2 Å². The van der Waals surface area contributed by atoms with Crippen molar-refractivity contribution < 1.29 is 26.7 Å². The van der Waals surface area contributed by atoms with Gasteiger partial charge in [0.25, 0.3) is 0 Å². The highest BCUT2D eigenvalue weighted by molar-refractivity contribution is 6.33. The van der Waals surface area contributed by atoms with E-state index in [1.165, 1.54) is 0 Å². The minimum absolute atomic E-state index is 0.494. The summed E-state index contributed by atoms with van der Waals surface area (Å²) in [6.45, 7) is 0. The van der Waals surface area contributed by atoms with Gasteiger partial charge in [0.15, 0.2) is 23.2 Å². The van der Waals surface area contributed by atoms with Gasteiger partial charge in [-0.1, -0.05) is 11.6 Å². The number of halogens is 6. The van der Waals surface area contributed by atoms with Crippen molar-refractivity contribution in [2.45, 2.75) is 0 Å². The maximum atomic E-state index is 13.8. The fourth-order valence-electron chi connectivity index (χ4n) is 1.66. The molecule has 106 valence electrons. The summed E-state index contributed by atoms with van der Waals surface area (Å²) in [5.74, 6) is -9.66. The van der Waals surface area contributed by atoms with E-state index in [-0.39, 0.29) is 0 Å². The van der Waals surface area contributed by atoms with E-state index in [0.29, 0.717) is 6.20 Å². The van der Waals surface area contributed by atoms with Crippen LogP contribution in [0, 0.1) is 29.1 Å². The Hall–Kier alpha value is -1.89. The van der Waals surface area contributed by atoms with E-state index in [0.717, 1.165) is 13.3 Å². The third-order valence-electron chi connectivity index (χ3n) is 2.53. The number of ether oxygens (including phenoxy) is 1. The Morgan fingerprint density at radius 1 is 0.900 bits per heavy atom. The summed E-state index contributed by atoms with van der Waals surface area (Å²) in [5, 5.41) is -0.494. The molecule has 0 aliphatic heterocycles. The second-order valence-electron chi connectivity index (χ2n) is 3.64. The van der Waals surface area contributed by atoms with Gasteiger partial charge in [0, 0.05) is 11.8 Å². The quantitative estimate of drug-likeness (QED) is 0.615. The van der Waals surface area contributed by atoms with Crippen LogP contribution in [-0.2, 0) is 0 Å². The first kappa shape index (κ1) is 14.5. The topological polar surface area (TPSA) is 22.1 Å². The van der Waals surface area contributed by atoms with Gasteiger partial charge in [-0.15, -0.1) is 0 Å². The molecule has 0 N–H and O–H groups in total. The Kier molecular flexibility index (Phi) is 3.80. The molecule has 2 rings (SSSR count). The van der Waals surface area contributed by atoms with Gasteiger partial charge < -0.3 is 4.74 Å². The lowest BCUT2D eigenvalue weighted by Gasteiger charge is -2.12. The molecule has 0 saturated carbocycles. The van der Waals surface area contributed by atoms with E-state index in [1.54, 1.807) is 0 Å². The Morgan fingerprint density at radius 2 is 1.45 bits per heavy atom. The van der Waals surface area contributed by atoms with Crippen LogP contribution in [0.5, 0.6) is 5.75 Å². The molecule has 0 amide bonds. The first-order chi connectivity index (χ1) is 9.40. The molecule has 2 nitrogen and oxygen atoms in total. The highest BCUT2D eigenvalue weighted by atomic mass is 35.5. The molecule has 8 heteroatoms. The van der Waals surface area contributed by atoms with Gasteiger partial charge in [0.1, 0.15) is 0 Å². The Balaban J connectivity index is 2.89. The van der Waals surface area contributed by atoms with E-state index in [9.17, 15) is 22.0 Å². The first-order valence-electron chi connectivity index (χ1n) is 5.09. The van der Waals surface area contributed by atoms with Crippen LogP contribution in [0.15, 0.2) is 12.4 Å². The summed E-state index contributed by atoms with van der Waals surface area (Å²) in [6, 6.07) is 0. The summed E-state index contributed by atoms with van der Waals surface area (Å²) in [7, 11) is 0.833. The molecule has 0 fully saturated rings. The van der Waals surface area contributed by atoms with Crippen LogP contribution >= 0.6 is 11.6 Å². The molecular formula is C12H5ClF5NO. The Bertz CT molecular complexity index is 643. The third-order valence-corrected chi connectivity index (χ3v) is 2.82. The number of aromatic nitrogens is 1. The highest BCUT2D eigenvalue weighted by Gasteiger charge is 2.29. The average Bonchev–Trinajstić information content (AvgIpc) is 2.40. The maximum absolute atomic E-state index is 13.8. The summed E-state index contributed by atoms with van der Waals surface area (Å²) < 4.78 is 72.6. The molecule has 0 spiro atoms.